The minimum Gasteiger partial charge on any atom is -0.466 e. The zero-order valence-electron chi connectivity index (χ0n) is 10.8. The fourth-order valence-corrected chi connectivity index (χ4v) is 2.36. The first-order chi connectivity index (χ1) is 7.43. The van der Waals surface area contributed by atoms with Gasteiger partial charge >= 0.3 is 5.97 Å². The molecule has 16 heavy (non-hydrogen) atoms. The highest BCUT2D eigenvalue weighted by Crippen LogP contribution is 2.60. The van der Waals surface area contributed by atoms with Crippen molar-refractivity contribution < 1.29 is 19.0 Å². The first kappa shape index (κ1) is 13.5. The molecule has 0 bridgehead atoms. The SMILES string of the molecule is COC(C[C@H]1[C@@H](COC(C)=O)C1(C)C)OC. The molecule has 0 aromatic rings. The topological polar surface area (TPSA) is 44.8 Å². The summed E-state index contributed by atoms with van der Waals surface area (Å²) in [4.78, 5) is 10.8. The van der Waals surface area contributed by atoms with Crippen LogP contribution in [-0.2, 0) is 19.0 Å². The number of rotatable bonds is 6. The third kappa shape index (κ3) is 2.95. The molecule has 0 spiro atoms. The highest BCUT2D eigenvalue weighted by atomic mass is 16.7. The Labute approximate surface area is 97.2 Å². The number of ether oxygens (including phenoxy) is 3. The van der Waals surface area contributed by atoms with Gasteiger partial charge in [-0.1, -0.05) is 13.8 Å². The molecule has 0 aliphatic heterocycles. The van der Waals surface area contributed by atoms with Crippen LogP contribution in [0.25, 0.3) is 0 Å². The first-order valence-corrected chi connectivity index (χ1v) is 5.62. The van der Waals surface area contributed by atoms with Crippen molar-refractivity contribution in [2.24, 2.45) is 17.3 Å². The Morgan fingerprint density at radius 3 is 2.25 bits per heavy atom. The molecule has 0 N–H and O–H groups in total. The van der Waals surface area contributed by atoms with Crippen molar-refractivity contribution >= 4 is 5.97 Å². The van der Waals surface area contributed by atoms with Crippen LogP contribution in [0.5, 0.6) is 0 Å². The van der Waals surface area contributed by atoms with Crippen molar-refractivity contribution in [2.75, 3.05) is 20.8 Å². The molecular formula is C12H22O4. The minimum atomic E-state index is -0.212. The maximum absolute atomic E-state index is 10.8. The van der Waals surface area contributed by atoms with E-state index in [1.807, 2.05) is 0 Å². The lowest BCUT2D eigenvalue weighted by Gasteiger charge is -2.13. The van der Waals surface area contributed by atoms with Crippen LogP contribution in [0.1, 0.15) is 27.2 Å². The zero-order chi connectivity index (χ0) is 12.3. The van der Waals surface area contributed by atoms with E-state index < -0.39 is 0 Å². The summed E-state index contributed by atoms with van der Waals surface area (Å²) in [6, 6.07) is 0. The third-order valence-corrected chi connectivity index (χ3v) is 3.73. The molecule has 0 aromatic heterocycles. The van der Waals surface area contributed by atoms with Crippen molar-refractivity contribution in [2.45, 2.75) is 33.5 Å². The Kier molecular flexibility index (Phi) is 4.33. The van der Waals surface area contributed by atoms with E-state index in [1.54, 1.807) is 14.2 Å². The molecule has 0 amide bonds. The van der Waals surface area contributed by atoms with Gasteiger partial charge in [0.1, 0.15) is 0 Å². The van der Waals surface area contributed by atoms with Gasteiger partial charge in [0.2, 0.25) is 0 Å². The van der Waals surface area contributed by atoms with Crippen LogP contribution in [0.15, 0.2) is 0 Å². The van der Waals surface area contributed by atoms with E-state index in [0.717, 1.165) is 6.42 Å². The zero-order valence-corrected chi connectivity index (χ0v) is 10.8. The Bertz CT molecular complexity index is 245. The van der Waals surface area contributed by atoms with E-state index in [4.69, 9.17) is 14.2 Å². The molecule has 2 atom stereocenters. The van der Waals surface area contributed by atoms with Crippen LogP contribution in [0, 0.1) is 17.3 Å². The molecule has 0 aromatic carbocycles. The average molecular weight is 230 g/mol. The summed E-state index contributed by atoms with van der Waals surface area (Å²) < 4.78 is 15.4. The van der Waals surface area contributed by atoms with Gasteiger partial charge < -0.3 is 14.2 Å². The second-order valence-corrected chi connectivity index (χ2v) is 4.97. The number of carbonyl (C=O) groups is 1. The quantitative estimate of drug-likeness (QED) is 0.516. The predicted molar refractivity (Wildman–Crippen MR) is 59.8 cm³/mol. The average Bonchev–Trinajstić information content (AvgIpc) is 2.73. The lowest BCUT2D eigenvalue weighted by molar-refractivity contribution is -0.141. The van der Waals surface area contributed by atoms with Crippen LogP contribution >= 0.6 is 0 Å². The molecule has 4 heteroatoms. The van der Waals surface area contributed by atoms with Gasteiger partial charge in [-0.2, -0.15) is 0 Å². The fourth-order valence-electron chi connectivity index (χ4n) is 2.36. The molecule has 1 aliphatic rings. The summed E-state index contributed by atoms with van der Waals surface area (Å²) in [6.45, 7) is 6.33. The van der Waals surface area contributed by atoms with E-state index in [-0.39, 0.29) is 17.7 Å². The first-order valence-electron chi connectivity index (χ1n) is 5.62. The summed E-state index contributed by atoms with van der Waals surface area (Å²) in [5.41, 5.74) is 0.213. The van der Waals surface area contributed by atoms with Crippen LogP contribution < -0.4 is 0 Å². The predicted octanol–water partition coefficient (Wildman–Crippen LogP) is 1.83. The van der Waals surface area contributed by atoms with Gasteiger partial charge in [-0.05, 0) is 11.3 Å². The van der Waals surface area contributed by atoms with E-state index >= 15 is 0 Å². The van der Waals surface area contributed by atoms with Crippen molar-refractivity contribution in [3.05, 3.63) is 0 Å². The van der Waals surface area contributed by atoms with Crippen LogP contribution in [0.3, 0.4) is 0 Å². The van der Waals surface area contributed by atoms with E-state index in [2.05, 4.69) is 13.8 Å². The maximum Gasteiger partial charge on any atom is 0.302 e. The Balaban J connectivity index is 2.40. The number of carbonyl (C=O) groups excluding carboxylic acids is 1. The Morgan fingerprint density at radius 1 is 1.25 bits per heavy atom. The molecule has 1 rings (SSSR count). The van der Waals surface area contributed by atoms with Gasteiger partial charge in [-0.3, -0.25) is 4.79 Å². The van der Waals surface area contributed by atoms with E-state index in [1.165, 1.54) is 6.92 Å². The molecule has 1 fully saturated rings. The normalized spacial score (nSPS) is 26.9. The highest BCUT2D eigenvalue weighted by molar-refractivity contribution is 5.65. The molecular weight excluding hydrogens is 208 g/mol. The number of methoxy groups -OCH3 is 2. The van der Waals surface area contributed by atoms with Gasteiger partial charge in [0.05, 0.1) is 6.61 Å². The third-order valence-electron chi connectivity index (χ3n) is 3.73. The van der Waals surface area contributed by atoms with E-state index in [0.29, 0.717) is 18.4 Å². The van der Waals surface area contributed by atoms with Crippen molar-refractivity contribution in [3.8, 4) is 0 Å². The second kappa shape index (κ2) is 5.15. The van der Waals surface area contributed by atoms with Crippen LogP contribution in [0.2, 0.25) is 0 Å². The van der Waals surface area contributed by atoms with Gasteiger partial charge in [-0.25, -0.2) is 0 Å². The summed E-state index contributed by atoms with van der Waals surface area (Å²) >= 11 is 0. The van der Waals surface area contributed by atoms with Crippen LogP contribution in [0.4, 0.5) is 0 Å². The smallest absolute Gasteiger partial charge is 0.302 e. The molecule has 0 saturated heterocycles. The molecule has 4 nitrogen and oxygen atoms in total. The Morgan fingerprint density at radius 2 is 1.81 bits per heavy atom. The summed E-state index contributed by atoms with van der Waals surface area (Å²) in [7, 11) is 3.29. The highest BCUT2D eigenvalue weighted by Gasteiger charge is 2.58. The number of esters is 1. The molecule has 0 radical (unpaired) electrons. The van der Waals surface area contributed by atoms with Gasteiger partial charge in [0.15, 0.2) is 6.29 Å². The lowest BCUT2D eigenvalue weighted by atomic mass is 10.1. The van der Waals surface area contributed by atoms with Gasteiger partial charge in [0.25, 0.3) is 0 Å². The summed E-state index contributed by atoms with van der Waals surface area (Å²) in [6.07, 6.45) is 0.693. The van der Waals surface area contributed by atoms with Gasteiger partial charge in [0, 0.05) is 33.5 Å². The summed E-state index contributed by atoms with van der Waals surface area (Å²) in [5.74, 6) is 0.706. The Hall–Kier alpha value is -0.610. The number of hydrogen-bond acceptors (Lipinski definition) is 4. The molecule has 0 unspecified atom stereocenters. The fraction of sp³-hybridized carbons (Fsp3) is 0.917. The maximum atomic E-state index is 10.8. The standard InChI is InChI=1S/C12H22O4/c1-8(13)16-7-10-9(12(10,2)3)6-11(14-4)15-5/h9-11H,6-7H2,1-5H3/t9-,10+/m0/s1. The lowest BCUT2D eigenvalue weighted by Crippen LogP contribution is -2.15. The summed E-state index contributed by atoms with van der Waals surface area (Å²) in [5, 5.41) is 0. The van der Waals surface area contributed by atoms with E-state index in [9.17, 15) is 4.79 Å². The largest absolute Gasteiger partial charge is 0.466 e. The van der Waals surface area contributed by atoms with Gasteiger partial charge in [-0.15, -0.1) is 0 Å². The monoisotopic (exact) mass is 230 g/mol. The van der Waals surface area contributed by atoms with Crippen molar-refractivity contribution in [3.63, 3.8) is 0 Å². The second-order valence-electron chi connectivity index (χ2n) is 4.97. The minimum absolute atomic E-state index is 0.161. The molecule has 0 heterocycles. The molecule has 1 aliphatic carbocycles. The molecule has 94 valence electrons. The molecule has 1 saturated carbocycles. The number of hydrogen-bond donors (Lipinski definition) is 0. The van der Waals surface area contributed by atoms with Crippen molar-refractivity contribution in [1.29, 1.82) is 0 Å². The van der Waals surface area contributed by atoms with Crippen molar-refractivity contribution in [1.82, 2.24) is 0 Å². The van der Waals surface area contributed by atoms with Crippen LogP contribution in [-0.4, -0.2) is 33.1 Å².